The molecule has 114 valence electrons. The molecule has 0 spiro atoms. The molecule has 1 aromatic rings. The van der Waals surface area contributed by atoms with E-state index < -0.39 is 6.04 Å². The fourth-order valence-electron chi connectivity index (χ4n) is 2.48. The van der Waals surface area contributed by atoms with E-state index in [9.17, 15) is 9.59 Å². The Bertz CT molecular complexity index is 499. The lowest BCUT2D eigenvalue weighted by Crippen LogP contribution is -2.40. The lowest BCUT2D eigenvalue weighted by Gasteiger charge is -2.16. The van der Waals surface area contributed by atoms with Gasteiger partial charge in [-0.1, -0.05) is 25.5 Å². The van der Waals surface area contributed by atoms with Gasteiger partial charge in [-0.15, -0.1) is 0 Å². The van der Waals surface area contributed by atoms with E-state index >= 15 is 0 Å². The van der Waals surface area contributed by atoms with E-state index in [4.69, 9.17) is 5.73 Å². The molecule has 0 aliphatic carbocycles. The first kappa shape index (κ1) is 15.5. The zero-order valence-electron chi connectivity index (χ0n) is 12.5. The average Bonchev–Trinajstić information content (AvgIpc) is 2.91. The van der Waals surface area contributed by atoms with Gasteiger partial charge < -0.3 is 16.0 Å². The van der Waals surface area contributed by atoms with Crippen molar-refractivity contribution in [3.05, 3.63) is 29.8 Å². The molecule has 2 rings (SSSR count). The Morgan fingerprint density at radius 1 is 1.38 bits per heavy atom. The Kier molecular flexibility index (Phi) is 5.33. The standard InChI is InChI=1S/C16H23N3O2/c1-2-4-14(17)16(21)18-11-12-6-8-13(9-7-12)19-10-3-5-15(19)20/h6-9,14H,2-5,10-11,17H2,1H3,(H,18,21)/t14-/m1/s1. The second kappa shape index (κ2) is 7.22. The van der Waals surface area contributed by atoms with Crippen LogP contribution < -0.4 is 16.0 Å². The monoisotopic (exact) mass is 289 g/mol. The molecule has 2 amide bonds. The molecule has 0 aromatic heterocycles. The van der Waals surface area contributed by atoms with Crippen LogP contribution in [0, 0.1) is 0 Å². The number of hydrogen-bond donors (Lipinski definition) is 2. The lowest BCUT2D eigenvalue weighted by molar-refractivity contribution is -0.122. The molecule has 5 heteroatoms. The summed E-state index contributed by atoms with van der Waals surface area (Å²) in [6.45, 7) is 3.26. The number of rotatable bonds is 6. The predicted octanol–water partition coefficient (Wildman–Crippen LogP) is 1.56. The molecule has 0 radical (unpaired) electrons. The van der Waals surface area contributed by atoms with Gasteiger partial charge in [0.1, 0.15) is 0 Å². The number of carbonyl (C=O) groups is 2. The molecule has 1 fully saturated rings. The molecule has 1 aromatic carbocycles. The summed E-state index contributed by atoms with van der Waals surface area (Å²) < 4.78 is 0. The van der Waals surface area contributed by atoms with E-state index in [1.165, 1.54) is 0 Å². The van der Waals surface area contributed by atoms with Gasteiger partial charge in [-0.25, -0.2) is 0 Å². The van der Waals surface area contributed by atoms with Gasteiger partial charge in [0, 0.05) is 25.2 Å². The highest BCUT2D eigenvalue weighted by Crippen LogP contribution is 2.21. The van der Waals surface area contributed by atoms with E-state index in [0.29, 0.717) is 19.4 Å². The molecule has 21 heavy (non-hydrogen) atoms. The first-order valence-corrected chi connectivity index (χ1v) is 7.54. The zero-order chi connectivity index (χ0) is 15.2. The van der Waals surface area contributed by atoms with Crippen LogP contribution in [0.2, 0.25) is 0 Å². The molecule has 0 unspecified atom stereocenters. The predicted molar refractivity (Wildman–Crippen MR) is 82.8 cm³/mol. The highest BCUT2D eigenvalue weighted by Gasteiger charge is 2.21. The van der Waals surface area contributed by atoms with Gasteiger partial charge in [-0.2, -0.15) is 0 Å². The van der Waals surface area contributed by atoms with Crippen LogP contribution in [0.4, 0.5) is 5.69 Å². The van der Waals surface area contributed by atoms with E-state index in [0.717, 1.165) is 30.6 Å². The van der Waals surface area contributed by atoms with Gasteiger partial charge in [0.25, 0.3) is 0 Å². The van der Waals surface area contributed by atoms with Crippen LogP contribution in [0.3, 0.4) is 0 Å². The minimum Gasteiger partial charge on any atom is -0.351 e. The number of amides is 2. The minimum absolute atomic E-state index is 0.115. The Labute approximate surface area is 125 Å². The molecule has 1 heterocycles. The molecular formula is C16H23N3O2. The van der Waals surface area contributed by atoms with Crippen LogP contribution in [-0.2, 0) is 16.1 Å². The van der Waals surface area contributed by atoms with E-state index in [1.807, 2.05) is 31.2 Å². The lowest BCUT2D eigenvalue weighted by atomic mass is 10.1. The SMILES string of the molecule is CCC[C@@H](N)C(=O)NCc1ccc(N2CCCC2=O)cc1. The van der Waals surface area contributed by atoms with Gasteiger partial charge in [-0.05, 0) is 30.5 Å². The van der Waals surface area contributed by atoms with Gasteiger partial charge in [-0.3, -0.25) is 9.59 Å². The summed E-state index contributed by atoms with van der Waals surface area (Å²) in [6.07, 6.45) is 3.15. The third-order valence-corrected chi connectivity index (χ3v) is 3.72. The first-order valence-electron chi connectivity index (χ1n) is 7.54. The summed E-state index contributed by atoms with van der Waals surface area (Å²) in [6, 6.07) is 7.29. The number of hydrogen-bond acceptors (Lipinski definition) is 3. The number of nitrogens with one attached hydrogen (secondary N) is 1. The Morgan fingerprint density at radius 2 is 2.10 bits per heavy atom. The Hall–Kier alpha value is -1.88. The van der Waals surface area contributed by atoms with Crippen molar-refractivity contribution < 1.29 is 9.59 Å². The van der Waals surface area contributed by atoms with Crippen LogP contribution in [-0.4, -0.2) is 24.4 Å². The molecule has 1 aliphatic heterocycles. The topological polar surface area (TPSA) is 75.4 Å². The zero-order valence-corrected chi connectivity index (χ0v) is 12.5. The van der Waals surface area contributed by atoms with Crippen molar-refractivity contribution in [3.63, 3.8) is 0 Å². The maximum atomic E-state index is 11.7. The van der Waals surface area contributed by atoms with E-state index in [2.05, 4.69) is 5.32 Å². The largest absolute Gasteiger partial charge is 0.351 e. The van der Waals surface area contributed by atoms with Crippen molar-refractivity contribution in [1.29, 1.82) is 0 Å². The van der Waals surface area contributed by atoms with E-state index in [1.54, 1.807) is 4.90 Å². The molecule has 1 aliphatic rings. The van der Waals surface area contributed by atoms with Crippen molar-refractivity contribution in [2.24, 2.45) is 5.73 Å². The van der Waals surface area contributed by atoms with Crippen LogP contribution >= 0.6 is 0 Å². The van der Waals surface area contributed by atoms with Gasteiger partial charge in [0.05, 0.1) is 6.04 Å². The third kappa shape index (κ3) is 4.04. The number of benzene rings is 1. The first-order chi connectivity index (χ1) is 10.1. The molecule has 1 atom stereocenters. The summed E-state index contributed by atoms with van der Waals surface area (Å²) in [5.41, 5.74) is 7.69. The summed E-state index contributed by atoms with van der Waals surface area (Å²) in [5, 5.41) is 2.84. The minimum atomic E-state index is -0.434. The van der Waals surface area contributed by atoms with Crippen LogP contribution in [0.1, 0.15) is 38.2 Å². The maximum absolute atomic E-state index is 11.7. The quantitative estimate of drug-likeness (QED) is 0.834. The summed E-state index contributed by atoms with van der Waals surface area (Å²) in [7, 11) is 0. The summed E-state index contributed by atoms with van der Waals surface area (Å²) in [4.78, 5) is 25.2. The molecule has 5 nitrogen and oxygen atoms in total. The van der Waals surface area contributed by atoms with Crippen LogP contribution in [0.15, 0.2) is 24.3 Å². The Balaban J connectivity index is 1.88. The molecule has 3 N–H and O–H groups in total. The van der Waals surface area contributed by atoms with Crippen molar-refractivity contribution in [2.75, 3.05) is 11.4 Å². The molecule has 1 saturated heterocycles. The van der Waals surface area contributed by atoms with Crippen molar-refractivity contribution in [2.45, 2.75) is 45.2 Å². The molecule has 0 saturated carbocycles. The van der Waals surface area contributed by atoms with Gasteiger partial charge in [0.15, 0.2) is 0 Å². The van der Waals surface area contributed by atoms with Crippen LogP contribution in [0.5, 0.6) is 0 Å². The normalized spacial score (nSPS) is 16.1. The second-order valence-corrected chi connectivity index (χ2v) is 5.43. The Morgan fingerprint density at radius 3 is 2.67 bits per heavy atom. The highest BCUT2D eigenvalue weighted by molar-refractivity contribution is 5.95. The van der Waals surface area contributed by atoms with Crippen molar-refractivity contribution in [1.82, 2.24) is 5.32 Å². The summed E-state index contributed by atoms with van der Waals surface area (Å²) in [5.74, 6) is 0.0669. The summed E-state index contributed by atoms with van der Waals surface area (Å²) >= 11 is 0. The third-order valence-electron chi connectivity index (χ3n) is 3.72. The smallest absolute Gasteiger partial charge is 0.237 e. The average molecular weight is 289 g/mol. The number of anilines is 1. The van der Waals surface area contributed by atoms with Gasteiger partial charge in [0.2, 0.25) is 11.8 Å². The van der Waals surface area contributed by atoms with E-state index in [-0.39, 0.29) is 11.8 Å². The highest BCUT2D eigenvalue weighted by atomic mass is 16.2. The van der Waals surface area contributed by atoms with Crippen molar-refractivity contribution in [3.8, 4) is 0 Å². The molecular weight excluding hydrogens is 266 g/mol. The fraction of sp³-hybridized carbons (Fsp3) is 0.500. The fourth-order valence-corrected chi connectivity index (χ4v) is 2.48. The second-order valence-electron chi connectivity index (χ2n) is 5.43. The maximum Gasteiger partial charge on any atom is 0.237 e. The van der Waals surface area contributed by atoms with Crippen LogP contribution in [0.25, 0.3) is 0 Å². The number of nitrogens with zero attached hydrogens (tertiary/aromatic N) is 1. The molecule has 0 bridgehead atoms. The van der Waals surface area contributed by atoms with Gasteiger partial charge >= 0.3 is 0 Å². The van der Waals surface area contributed by atoms with Crippen molar-refractivity contribution >= 4 is 17.5 Å². The number of carbonyl (C=O) groups excluding carboxylic acids is 2. The number of nitrogens with two attached hydrogens (primary N) is 1.